The molecule has 0 amide bonds. The lowest BCUT2D eigenvalue weighted by Crippen LogP contribution is -2.21. The van der Waals surface area contributed by atoms with Gasteiger partial charge in [0, 0.05) is 13.6 Å². The summed E-state index contributed by atoms with van der Waals surface area (Å²) in [5.41, 5.74) is 1.00. The van der Waals surface area contributed by atoms with Gasteiger partial charge in [0.2, 0.25) is 0 Å². The molecule has 0 aliphatic rings. The van der Waals surface area contributed by atoms with Crippen LogP contribution in [-0.4, -0.2) is 27.0 Å². The van der Waals surface area contributed by atoms with Gasteiger partial charge in [-0.05, 0) is 40.5 Å². The van der Waals surface area contributed by atoms with Crippen LogP contribution in [0.2, 0.25) is 0 Å². The molecule has 6 nitrogen and oxygen atoms in total. The highest BCUT2D eigenvalue weighted by atomic mass is 79.9. The van der Waals surface area contributed by atoms with Gasteiger partial charge in [-0.25, -0.2) is 0 Å². The maximum atomic E-state index is 9.77. The van der Waals surface area contributed by atoms with E-state index >= 15 is 0 Å². The smallest absolute Gasteiger partial charge is 0.172 e. The Bertz CT molecular complexity index is 600. The normalized spacial score (nSPS) is 12.4. The minimum atomic E-state index is 0.0704. The number of hydrogen-bond acceptors (Lipinski definition) is 5. The van der Waals surface area contributed by atoms with Crippen LogP contribution in [0.1, 0.15) is 24.4 Å². The van der Waals surface area contributed by atoms with E-state index in [1.54, 1.807) is 12.4 Å². The lowest BCUT2D eigenvalue weighted by Gasteiger charge is -2.14. The number of methoxy groups -OCH3 is 1. The summed E-state index contributed by atoms with van der Waals surface area (Å²) in [5.74, 6) is 1.43. The van der Waals surface area contributed by atoms with Crippen LogP contribution in [0.15, 0.2) is 22.9 Å². The zero-order chi connectivity index (χ0) is 14.7. The second kappa shape index (κ2) is 6.23. The number of aryl methyl sites for hydroxylation is 1. The number of nitrogens with one attached hydrogen (secondary N) is 1. The topological polar surface area (TPSA) is 72.2 Å². The predicted molar refractivity (Wildman–Crippen MR) is 78.6 cm³/mol. The molecular formula is C13H17BrN4O2. The maximum Gasteiger partial charge on any atom is 0.172 e. The lowest BCUT2D eigenvalue weighted by molar-refractivity contribution is 0.371. The van der Waals surface area contributed by atoms with Gasteiger partial charge in [0.15, 0.2) is 11.5 Å². The summed E-state index contributed by atoms with van der Waals surface area (Å²) < 4.78 is 7.62. The molecule has 1 aromatic carbocycles. The molecule has 0 aliphatic carbocycles. The molecule has 2 rings (SSSR count). The van der Waals surface area contributed by atoms with Crippen LogP contribution in [-0.2, 0) is 13.6 Å². The van der Waals surface area contributed by atoms with Crippen LogP contribution >= 0.6 is 15.9 Å². The van der Waals surface area contributed by atoms with Crippen LogP contribution < -0.4 is 10.1 Å². The van der Waals surface area contributed by atoms with E-state index in [9.17, 15) is 5.11 Å². The molecule has 0 saturated carbocycles. The second-order valence-electron chi connectivity index (χ2n) is 4.53. The van der Waals surface area contributed by atoms with Crippen LogP contribution in [0.3, 0.4) is 0 Å². The zero-order valence-corrected chi connectivity index (χ0v) is 13.2. The van der Waals surface area contributed by atoms with Crippen molar-refractivity contribution < 1.29 is 9.84 Å². The Morgan fingerprint density at radius 1 is 1.50 bits per heavy atom. The summed E-state index contributed by atoms with van der Waals surface area (Å²) >= 11 is 3.31. The van der Waals surface area contributed by atoms with Crippen molar-refractivity contribution in [3.05, 3.63) is 34.3 Å². The molecule has 2 aromatic rings. The minimum absolute atomic E-state index is 0.0704. The first-order chi connectivity index (χ1) is 9.52. The highest BCUT2D eigenvalue weighted by Gasteiger charge is 2.12. The summed E-state index contributed by atoms with van der Waals surface area (Å²) in [7, 11) is 3.44. The Kier molecular flexibility index (Phi) is 4.61. The van der Waals surface area contributed by atoms with Crippen molar-refractivity contribution in [3.63, 3.8) is 0 Å². The maximum absolute atomic E-state index is 9.77. The molecule has 1 aromatic heterocycles. The monoisotopic (exact) mass is 340 g/mol. The van der Waals surface area contributed by atoms with E-state index in [0.29, 0.717) is 16.8 Å². The molecule has 7 heteroatoms. The summed E-state index contributed by atoms with van der Waals surface area (Å²) in [5, 5.41) is 21.1. The van der Waals surface area contributed by atoms with Crippen LogP contribution in [0.5, 0.6) is 11.5 Å². The van der Waals surface area contributed by atoms with Gasteiger partial charge in [-0.2, -0.15) is 0 Å². The van der Waals surface area contributed by atoms with Gasteiger partial charge in [0.1, 0.15) is 12.2 Å². The summed E-state index contributed by atoms with van der Waals surface area (Å²) in [4.78, 5) is 0. The van der Waals surface area contributed by atoms with Gasteiger partial charge in [-0.1, -0.05) is 0 Å². The van der Waals surface area contributed by atoms with E-state index in [1.807, 2.05) is 24.6 Å². The van der Waals surface area contributed by atoms with Gasteiger partial charge in [0.05, 0.1) is 17.6 Å². The fourth-order valence-electron chi connectivity index (χ4n) is 1.93. The summed E-state index contributed by atoms with van der Waals surface area (Å²) in [6.45, 7) is 2.65. The lowest BCUT2D eigenvalue weighted by atomic mass is 10.2. The van der Waals surface area contributed by atoms with E-state index in [0.717, 1.165) is 11.4 Å². The average molecular weight is 341 g/mol. The van der Waals surface area contributed by atoms with Crippen molar-refractivity contribution in [2.24, 2.45) is 7.05 Å². The Balaban J connectivity index is 2.08. The van der Waals surface area contributed by atoms with Gasteiger partial charge in [-0.3, -0.25) is 0 Å². The number of aromatic nitrogens is 3. The number of nitrogens with zero attached hydrogens (tertiary/aromatic N) is 3. The Labute approximate surface area is 125 Å². The molecule has 0 radical (unpaired) electrons. The fraction of sp³-hybridized carbons (Fsp3) is 0.385. The highest BCUT2D eigenvalue weighted by molar-refractivity contribution is 9.10. The van der Waals surface area contributed by atoms with Crippen molar-refractivity contribution in [1.29, 1.82) is 0 Å². The van der Waals surface area contributed by atoms with Crippen LogP contribution in [0.25, 0.3) is 0 Å². The van der Waals surface area contributed by atoms with Crippen molar-refractivity contribution in [2.45, 2.75) is 19.5 Å². The SMILES string of the molecule is COc1cc(CNC(C)c2nncn2C)cc(Br)c1O. The van der Waals surface area contributed by atoms with E-state index in [1.165, 1.54) is 7.11 Å². The third-order valence-electron chi connectivity index (χ3n) is 3.05. The molecule has 1 atom stereocenters. The molecular weight excluding hydrogens is 324 g/mol. The van der Waals surface area contributed by atoms with Crippen LogP contribution in [0, 0.1) is 0 Å². The third-order valence-corrected chi connectivity index (χ3v) is 3.66. The Morgan fingerprint density at radius 3 is 2.85 bits per heavy atom. The first kappa shape index (κ1) is 14.8. The quantitative estimate of drug-likeness (QED) is 0.872. The average Bonchev–Trinajstić information content (AvgIpc) is 2.85. The predicted octanol–water partition coefficient (Wildman–Crippen LogP) is 2.14. The molecule has 0 bridgehead atoms. The molecule has 1 unspecified atom stereocenters. The standard InChI is InChI=1S/C13H17BrN4O2/c1-8(13-17-16-7-18(13)2)15-6-9-4-10(14)12(19)11(5-9)20-3/h4-5,7-8,15,19H,6H2,1-3H3. The van der Waals surface area contributed by atoms with Gasteiger partial charge in [-0.15, -0.1) is 10.2 Å². The zero-order valence-electron chi connectivity index (χ0n) is 11.6. The number of ether oxygens (including phenoxy) is 1. The number of phenols is 1. The first-order valence-electron chi connectivity index (χ1n) is 6.15. The Morgan fingerprint density at radius 2 is 2.25 bits per heavy atom. The minimum Gasteiger partial charge on any atom is -0.503 e. The molecule has 108 valence electrons. The molecule has 0 aliphatic heterocycles. The highest BCUT2D eigenvalue weighted by Crippen LogP contribution is 2.35. The largest absolute Gasteiger partial charge is 0.503 e. The molecule has 2 N–H and O–H groups in total. The molecule has 0 fully saturated rings. The Hall–Kier alpha value is -1.60. The third kappa shape index (κ3) is 3.10. The van der Waals surface area contributed by atoms with Crippen LogP contribution in [0.4, 0.5) is 0 Å². The fourth-order valence-corrected chi connectivity index (χ4v) is 2.42. The number of phenolic OH excluding ortho intramolecular Hbond substituents is 1. The number of aromatic hydroxyl groups is 1. The van der Waals surface area contributed by atoms with Crippen molar-refractivity contribution in [3.8, 4) is 11.5 Å². The molecule has 20 heavy (non-hydrogen) atoms. The van der Waals surface area contributed by atoms with E-state index < -0.39 is 0 Å². The molecule has 1 heterocycles. The van der Waals surface area contributed by atoms with Crippen molar-refractivity contribution in [1.82, 2.24) is 20.1 Å². The summed E-state index contributed by atoms with van der Waals surface area (Å²) in [6, 6.07) is 3.73. The van der Waals surface area contributed by atoms with Gasteiger partial charge in [0.25, 0.3) is 0 Å². The van der Waals surface area contributed by atoms with E-state index in [4.69, 9.17) is 4.74 Å². The number of rotatable bonds is 5. The van der Waals surface area contributed by atoms with Crippen molar-refractivity contribution >= 4 is 15.9 Å². The van der Waals surface area contributed by atoms with Crippen molar-refractivity contribution in [2.75, 3.05) is 7.11 Å². The summed E-state index contributed by atoms with van der Waals surface area (Å²) in [6.07, 6.45) is 1.67. The van der Waals surface area contributed by atoms with E-state index in [-0.39, 0.29) is 11.8 Å². The van der Waals surface area contributed by atoms with E-state index in [2.05, 4.69) is 31.4 Å². The van der Waals surface area contributed by atoms with Gasteiger partial charge < -0.3 is 19.7 Å². The second-order valence-corrected chi connectivity index (χ2v) is 5.39. The van der Waals surface area contributed by atoms with Gasteiger partial charge >= 0.3 is 0 Å². The number of halogens is 1. The number of hydrogen-bond donors (Lipinski definition) is 2. The molecule has 0 saturated heterocycles. The number of benzene rings is 1. The first-order valence-corrected chi connectivity index (χ1v) is 6.95. The molecule has 0 spiro atoms.